The lowest BCUT2D eigenvalue weighted by Gasteiger charge is -2.40. The fourth-order valence-corrected chi connectivity index (χ4v) is 4.83. The van der Waals surface area contributed by atoms with E-state index in [1.807, 2.05) is 13.1 Å². The Kier molecular flexibility index (Phi) is 6.68. The largest absolute Gasteiger partial charge is 0.377 e. The van der Waals surface area contributed by atoms with Crippen molar-refractivity contribution < 1.29 is 9.53 Å². The topological polar surface area (TPSA) is 56.6 Å². The Morgan fingerprint density at radius 2 is 2.19 bits per heavy atom. The van der Waals surface area contributed by atoms with E-state index in [-0.39, 0.29) is 12.0 Å². The third kappa shape index (κ3) is 4.64. The number of nitriles is 1. The first-order valence-corrected chi connectivity index (χ1v) is 10.6. The number of amides is 1. The Bertz CT molecular complexity index is 614. The molecule has 1 aromatic heterocycles. The van der Waals surface area contributed by atoms with E-state index in [1.54, 1.807) is 16.2 Å². The van der Waals surface area contributed by atoms with Gasteiger partial charge in [-0.1, -0.05) is 25.3 Å². The zero-order valence-corrected chi connectivity index (χ0v) is 16.5. The van der Waals surface area contributed by atoms with Crippen molar-refractivity contribution in [3.05, 3.63) is 22.4 Å². The average Bonchev–Trinajstić information content (AvgIpc) is 3.35. The highest BCUT2D eigenvalue weighted by molar-refractivity contribution is 7.09. The molecule has 3 rings (SSSR count). The second kappa shape index (κ2) is 8.98. The normalized spacial score (nSPS) is 22.3. The lowest BCUT2D eigenvalue weighted by molar-refractivity contribution is -0.136. The molecule has 1 atom stereocenters. The third-order valence-corrected chi connectivity index (χ3v) is 6.57. The number of rotatable bonds is 7. The Morgan fingerprint density at radius 3 is 2.81 bits per heavy atom. The van der Waals surface area contributed by atoms with Crippen LogP contribution in [0.4, 0.5) is 0 Å². The molecule has 0 radical (unpaired) electrons. The van der Waals surface area contributed by atoms with Gasteiger partial charge in [0.05, 0.1) is 18.7 Å². The second-order valence-corrected chi connectivity index (χ2v) is 8.57. The van der Waals surface area contributed by atoms with Crippen molar-refractivity contribution in [1.29, 1.82) is 5.26 Å². The molecule has 2 aliphatic rings. The molecule has 5 nitrogen and oxygen atoms in total. The molecular weight excluding hydrogens is 346 g/mol. The van der Waals surface area contributed by atoms with E-state index in [0.717, 1.165) is 64.6 Å². The van der Waals surface area contributed by atoms with Gasteiger partial charge in [-0.25, -0.2) is 0 Å². The van der Waals surface area contributed by atoms with Crippen LogP contribution in [0.15, 0.2) is 17.5 Å². The maximum Gasteiger partial charge on any atom is 0.237 e. The van der Waals surface area contributed by atoms with Crippen LogP contribution in [0, 0.1) is 11.3 Å². The third-order valence-electron chi connectivity index (χ3n) is 5.71. The summed E-state index contributed by atoms with van der Waals surface area (Å²) in [5.41, 5.74) is -0.617. The van der Waals surface area contributed by atoms with Gasteiger partial charge in [0.15, 0.2) is 0 Å². The molecule has 26 heavy (non-hydrogen) atoms. The fourth-order valence-electron chi connectivity index (χ4n) is 4.08. The summed E-state index contributed by atoms with van der Waals surface area (Å²) in [6.45, 7) is 2.70. The Hall–Kier alpha value is -1.42. The van der Waals surface area contributed by atoms with Gasteiger partial charge in [-0.2, -0.15) is 5.26 Å². The molecule has 1 amide bonds. The molecule has 1 aromatic rings. The van der Waals surface area contributed by atoms with Crippen LogP contribution in [0.1, 0.15) is 49.8 Å². The van der Waals surface area contributed by atoms with Gasteiger partial charge in [0, 0.05) is 31.6 Å². The maximum absolute atomic E-state index is 13.0. The smallest absolute Gasteiger partial charge is 0.237 e. The Labute approximate surface area is 160 Å². The van der Waals surface area contributed by atoms with E-state index in [9.17, 15) is 10.1 Å². The number of nitrogens with zero attached hydrogens (tertiary/aromatic N) is 3. The first-order chi connectivity index (χ1) is 12.6. The lowest BCUT2D eigenvalue weighted by Crippen LogP contribution is -2.53. The molecule has 0 spiro atoms. The van der Waals surface area contributed by atoms with Gasteiger partial charge in [0.2, 0.25) is 5.91 Å². The molecule has 0 N–H and O–H groups in total. The predicted octanol–water partition coefficient (Wildman–Crippen LogP) is 3.41. The quantitative estimate of drug-likeness (QED) is 0.733. The van der Waals surface area contributed by atoms with Crippen molar-refractivity contribution in [2.45, 2.75) is 63.1 Å². The highest BCUT2D eigenvalue weighted by atomic mass is 32.1. The lowest BCUT2D eigenvalue weighted by atomic mass is 9.81. The molecule has 2 heterocycles. The Balaban J connectivity index is 1.65. The number of carbonyl (C=O) groups excluding carboxylic acids is 1. The molecule has 1 unspecified atom stereocenters. The summed E-state index contributed by atoms with van der Waals surface area (Å²) in [6, 6.07) is 6.61. The minimum Gasteiger partial charge on any atom is -0.377 e. The minimum absolute atomic E-state index is 0.0444. The van der Waals surface area contributed by atoms with E-state index < -0.39 is 5.54 Å². The van der Waals surface area contributed by atoms with Gasteiger partial charge in [-0.3, -0.25) is 9.69 Å². The first-order valence-electron chi connectivity index (χ1n) is 9.67. The standard InChI is InChI=1S/C20H29N3O2S/c1-22(20(16-21)9-3-2-4-10-20)19(24)15-23(13-17-7-5-11-25-17)14-18-8-6-12-26-18/h6,8,12,17H,2-5,7,9-11,13-15H2,1H3. The molecule has 1 saturated carbocycles. The minimum atomic E-state index is -0.617. The van der Waals surface area contributed by atoms with Crippen molar-refractivity contribution in [2.75, 3.05) is 26.7 Å². The average molecular weight is 376 g/mol. The van der Waals surface area contributed by atoms with Crippen LogP contribution in [0.5, 0.6) is 0 Å². The van der Waals surface area contributed by atoms with Crippen LogP contribution in [-0.4, -0.2) is 54.1 Å². The summed E-state index contributed by atoms with van der Waals surface area (Å²) in [6.07, 6.45) is 7.18. The van der Waals surface area contributed by atoms with Crippen LogP contribution < -0.4 is 0 Å². The summed E-state index contributed by atoms with van der Waals surface area (Å²) < 4.78 is 5.79. The van der Waals surface area contributed by atoms with Crippen LogP contribution in [0.25, 0.3) is 0 Å². The van der Waals surface area contributed by atoms with Crippen molar-refractivity contribution in [2.24, 2.45) is 0 Å². The van der Waals surface area contributed by atoms with E-state index in [4.69, 9.17) is 4.74 Å². The first kappa shape index (κ1) is 19.3. The van der Waals surface area contributed by atoms with Crippen molar-refractivity contribution >= 4 is 17.2 Å². The van der Waals surface area contributed by atoms with Crippen molar-refractivity contribution in [1.82, 2.24) is 9.80 Å². The Morgan fingerprint density at radius 1 is 1.38 bits per heavy atom. The summed E-state index contributed by atoms with van der Waals surface area (Å²) in [5.74, 6) is 0.0444. The van der Waals surface area contributed by atoms with Gasteiger partial charge < -0.3 is 9.64 Å². The summed E-state index contributed by atoms with van der Waals surface area (Å²) >= 11 is 1.72. The number of likely N-dealkylation sites (N-methyl/N-ethyl adjacent to an activating group) is 1. The van der Waals surface area contributed by atoms with E-state index in [1.165, 1.54) is 4.88 Å². The molecular formula is C20H29N3O2S. The second-order valence-electron chi connectivity index (χ2n) is 7.54. The van der Waals surface area contributed by atoms with Gasteiger partial charge in [0.25, 0.3) is 0 Å². The van der Waals surface area contributed by atoms with Gasteiger partial charge >= 0.3 is 0 Å². The van der Waals surface area contributed by atoms with Gasteiger partial charge in [-0.05, 0) is 37.1 Å². The number of hydrogen-bond acceptors (Lipinski definition) is 5. The summed E-state index contributed by atoms with van der Waals surface area (Å²) in [5, 5.41) is 11.8. The summed E-state index contributed by atoms with van der Waals surface area (Å²) in [4.78, 5) is 18.2. The summed E-state index contributed by atoms with van der Waals surface area (Å²) in [7, 11) is 1.81. The molecule has 0 aromatic carbocycles. The zero-order valence-electron chi connectivity index (χ0n) is 15.7. The van der Waals surface area contributed by atoms with Crippen LogP contribution in [0.2, 0.25) is 0 Å². The monoisotopic (exact) mass is 375 g/mol. The van der Waals surface area contributed by atoms with Crippen molar-refractivity contribution in [3.63, 3.8) is 0 Å². The highest BCUT2D eigenvalue weighted by Crippen LogP contribution is 2.32. The van der Waals surface area contributed by atoms with Crippen LogP contribution in [0.3, 0.4) is 0 Å². The highest BCUT2D eigenvalue weighted by Gasteiger charge is 2.39. The molecule has 1 aliphatic heterocycles. The van der Waals surface area contributed by atoms with Crippen molar-refractivity contribution in [3.8, 4) is 6.07 Å². The maximum atomic E-state index is 13.0. The fraction of sp³-hybridized carbons (Fsp3) is 0.700. The molecule has 1 aliphatic carbocycles. The zero-order chi connectivity index (χ0) is 18.4. The van der Waals surface area contributed by atoms with E-state index >= 15 is 0 Å². The number of carbonyl (C=O) groups is 1. The molecule has 0 bridgehead atoms. The SMILES string of the molecule is CN(C(=O)CN(Cc1cccs1)CC1CCCO1)C1(C#N)CCCCC1. The number of thiophene rings is 1. The molecule has 6 heteroatoms. The van der Waals surface area contributed by atoms with Crippen LogP contribution in [-0.2, 0) is 16.1 Å². The van der Waals surface area contributed by atoms with Crippen LogP contribution >= 0.6 is 11.3 Å². The van der Waals surface area contributed by atoms with Gasteiger partial charge in [-0.15, -0.1) is 11.3 Å². The molecule has 142 valence electrons. The van der Waals surface area contributed by atoms with Gasteiger partial charge in [0.1, 0.15) is 5.54 Å². The van der Waals surface area contributed by atoms with E-state index in [2.05, 4.69) is 22.4 Å². The number of ether oxygens (including phenoxy) is 1. The molecule has 2 fully saturated rings. The predicted molar refractivity (Wildman–Crippen MR) is 103 cm³/mol. The van der Waals surface area contributed by atoms with E-state index in [0.29, 0.717) is 6.54 Å². The number of hydrogen-bond donors (Lipinski definition) is 0. The molecule has 1 saturated heterocycles.